The molecule has 1 aliphatic rings. The molecule has 3 rings (SSSR count). The maximum absolute atomic E-state index is 13.5. The molecule has 0 radical (unpaired) electrons. The van der Waals surface area contributed by atoms with Gasteiger partial charge in [0.1, 0.15) is 18.8 Å². The van der Waals surface area contributed by atoms with Crippen LogP contribution in [0.3, 0.4) is 0 Å². The van der Waals surface area contributed by atoms with Crippen molar-refractivity contribution < 1.29 is 13.9 Å². The quantitative estimate of drug-likeness (QED) is 0.843. The van der Waals surface area contributed by atoms with E-state index in [-0.39, 0.29) is 24.8 Å². The van der Waals surface area contributed by atoms with Crippen LogP contribution in [0.2, 0.25) is 0 Å². The molecule has 0 bridgehead atoms. The first kappa shape index (κ1) is 16.4. The number of halogens is 1. The predicted molar refractivity (Wildman–Crippen MR) is 85.7 cm³/mol. The second-order valence-electron chi connectivity index (χ2n) is 6.19. The smallest absolute Gasteiger partial charge is 0.244 e. The lowest BCUT2D eigenvalue weighted by Crippen LogP contribution is -2.39. The van der Waals surface area contributed by atoms with Gasteiger partial charge in [-0.2, -0.15) is 0 Å². The highest BCUT2D eigenvalue weighted by atomic mass is 19.1. The summed E-state index contributed by atoms with van der Waals surface area (Å²) >= 11 is 0. The van der Waals surface area contributed by atoms with Crippen LogP contribution in [-0.2, 0) is 17.9 Å². The number of likely N-dealkylation sites (tertiary alicyclic amines) is 1. The molecular weight excluding hydrogens is 311 g/mol. The SMILES string of the molecule is CC1CCN(C(=O)Cn2cc(COc3ccccc3F)nn2)CC1. The number of piperidine rings is 1. The van der Waals surface area contributed by atoms with Crippen molar-refractivity contribution >= 4 is 5.91 Å². The van der Waals surface area contributed by atoms with Crippen LogP contribution < -0.4 is 4.74 Å². The molecule has 0 unspecified atom stereocenters. The number of hydrogen-bond donors (Lipinski definition) is 0. The van der Waals surface area contributed by atoms with Gasteiger partial charge in [-0.05, 0) is 30.9 Å². The highest BCUT2D eigenvalue weighted by molar-refractivity contribution is 5.75. The largest absolute Gasteiger partial charge is 0.484 e. The van der Waals surface area contributed by atoms with Crippen LogP contribution in [0, 0.1) is 11.7 Å². The van der Waals surface area contributed by atoms with Crippen molar-refractivity contribution in [3.63, 3.8) is 0 Å². The Morgan fingerprint density at radius 3 is 2.83 bits per heavy atom. The van der Waals surface area contributed by atoms with Crippen LogP contribution in [-0.4, -0.2) is 38.9 Å². The minimum absolute atomic E-state index is 0.0494. The third-order valence-electron chi connectivity index (χ3n) is 4.23. The molecule has 1 aliphatic heterocycles. The average Bonchev–Trinajstić information content (AvgIpc) is 3.02. The summed E-state index contributed by atoms with van der Waals surface area (Å²) < 4.78 is 20.4. The predicted octanol–water partition coefficient (Wildman–Crippen LogP) is 2.25. The Morgan fingerprint density at radius 1 is 1.33 bits per heavy atom. The zero-order valence-corrected chi connectivity index (χ0v) is 13.7. The first-order valence-corrected chi connectivity index (χ1v) is 8.16. The van der Waals surface area contributed by atoms with Gasteiger partial charge in [0.25, 0.3) is 0 Å². The summed E-state index contributed by atoms with van der Waals surface area (Å²) in [6.07, 6.45) is 3.75. The Bertz CT molecular complexity index is 695. The topological polar surface area (TPSA) is 60.2 Å². The highest BCUT2D eigenvalue weighted by Gasteiger charge is 2.20. The van der Waals surface area contributed by atoms with Crippen molar-refractivity contribution in [3.05, 3.63) is 42.0 Å². The zero-order valence-electron chi connectivity index (χ0n) is 13.7. The molecule has 0 spiro atoms. The lowest BCUT2D eigenvalue weighted by molar-refractivity contribution is -0.133. The van der Waals surface area contributed by atoms with E-state index in [1.165, 1.54) is 10.7 Å². The molecular formula is C17H21FN4O2. The van der Waals surface area contributed by atoms with E-state index in [1.54, 1.807) is 24.4 Å². The lowest BCUT2D eigenvalue weighted by atomic mass is 9.99. The average molecular weight is 332 g/mol. The number of amides is 1. The first-order chi connectivity index (χ1) is 11.6. The zero-order chi connectivity index (χ0) is 16.9. The monoisotopic (exact) mass is 332 g/mol. The number of ether oxygens (including phenoxy) is 1. The Kier molecular flexibility index (Phi) is 5.08. The fraction of sp³-hybridized carbons (Fsp3) is 0.471. The highest BCUT2D eigenvalue weighted by Crippen LogP contribution is 2.17. The van der Waals surface area contributed by atoms with Gasteiger partial charge < -0.3 is 9.64 Å². The van der Waals surface area contributed by atoms with Crippen molar-refractivity contribution in [1.82, 2.24) is 19.9 Å². The number of carbonyl (C=O) groups is 1. The molecule has 0 N–H and O–H groups in total. The van der Waals surface area contributed by atoms with E-state index in [2.05, 4.69) is 17.2 Å². The summed E-state index contributed by atoms with van der Waals surface area (Å²) in [5.74, 6) is 0.487. The number of carbonyl (C=O) groups excluding carboxylic acids is 1. The standard InChI is InChI=1S/C17H21FN4O2/c1-13-6-8-21(9-7-13)17(23)11-22-10-14(19-20-22)12-24-16-5-3-2-4-15(16)18/h2-5,10,13H,6-9,11-12H2,1H3. The molecule has 0 saturated carbocycles. The van der Waals surface area contributed by atoms with Crippen LogP contribution >= 0.6 is 0 Å². The summed E-state index contributed by atoms with van der Waals surface area (Å²) in [6, 6.07) is 6.20. The number of benzene rings is 1. The van der Waals surface area contributed by atoms with Crippen LogP contribution in [0.25, 0.3) is 0 Å². The van der Waals surface area contributed by atoms with Crippen LogP contribution in [0.15, 0.2) is 30.5 Å². The van der Waals surface area contributed by atoms with Gasteiger partial charge in [0.15, 0.2) is 11.6 Å². The van der Waals surface area contributed by atoms with Gasteiger partial charge in [-0.15, -0.1) is 5.10 Å². The molecule has 24 heavy (non-hydrogen) atoms. The van der Waals surface area contributed by atoms with Crippen LogP contribution in [0.5, 0.6) is 5.75 Å². The second kappa shape index (κ2) is 7.42. The van der Waals surface area contributed by atoms with E-state index in [1.807, 2.05) is 4.90 Å². The molecule has 6 nitrogen and oxygen atoms in total. The van der Waals surface area contributed by atoms with E-state index >= 15 is 0 Å². The van der Waals surface area contributed by atoms with Crippen LogP contribution in [0.4, 0.5) is 4.39 Å². The van der Waals surface area contributed by atoms with E-state index in [0.29, 0.717) is 11.6 Å². The minimum atomic E-state index is -0.417. The molecule has 1 fully saturated rings. The van der Waals surface area contributed by atoms with Crippen molar-refractivity contribution in [2.75, 3.05) is 13.1 Å². The van der Waals surface area contributed by atoms with E-state index in [9.17, 15) is 9.18 Å². The Balaban J connectivity index is 1.52. The summed E-state index contributed by atoms with van der Waals surface area (Å²) in [4.78, 5) is 14.1. The maximum atomic E-state index is 13.5. The number of aromatic nitrogens is 3. The third kappa shape index (κ3) is 4.10. The van der Waals surface area contributed by atoms with Crippen molar-refractivity contribution in [3.8, 4) is 5.75 Å². The van der Waals surface area contributed by atoms with Gasteiger partial charge in [-0.25, -0.2) is 9.07 Å². The van der Waals surface area contributed by atoms with Crippen LogP contribution in [0.1, 0.15) is 25.5 Å². The summed E-state index contributed by atoms with van der Waals surface area (Å²) in [5, 5.41) is 7.91. The molecule has 128 valence electrons. The Morgan fingerprint density at radius 2 is 2.08 bits per heavy atom. The minimum Gasteiger partial charge on any atom is -0.484 e. The third-order valence-corrected chi connectivity index (χ3v) is 4.23. The summed E-state index contributed by atoms with van der Waals surface area (Å²) in [5.41, 5.74) is 0.554. The Labute approximate surface area is 140 Å². The fourth-order valence-corrected chi connectivity index (χ4v) is 2.69. The number of para-hydroxylation sites is 1. The molecule has 7 heteroatoms. The molecule has 0 atom stereocenters. The molecule has 1 aromatic carbocycles. The van der Waals surface area contributed by atoms with Gasteiger partial charge in [-0.1, -0.05) is 24.3 Å². The second-order valence-corrected chi connectivity index (χ2v) is 6.19. The van der Waals surface area contributed by atoms with E-state index in [0.717, 1.165) is 25.9 Å². The van der Waals surface area contributed by atoms with Crippen molar-refractivity contribution in [1.29, 1.82) is 0 Å². The van der Waals surface area contributed by atoms with Crippen molar-refractivity contribution in [2.45, 2.75) is 32.9 Å². The van der Waals surface area contributed by atoms with Gasteiger partial charge in [-0.3, -0.25) is 4.79 Å². The lowest BCUT2D eigenvalue weighted by Gasteiger charge is -2.30. The molecule has 1 amide bonds. The van der Waals surface area contributed by atoms with E-state index in [4.69, 9.17) is 4.74 Å². The maximum Gasteiger partial charge on any atom is 0.244 e. The summed E-state index contributed by atoms with van der Waals surface area (Å²) in [6.45, 7) is 4.09. The van der Waals surface area contributed by atoms with Gasteiger partial charge in [0.2, 0.25) is 5.91 Å². The molecule has 0 aliphatic carbocycles. The van der Waals surface area contributed by atoms with Gasteiger partial charge in [0.05, 0.1) is 6.20 Å². The van der Waals surface area contributed by atoms with Crippen molar-refractivity contribution in [2.24, 2.45) is 5.92 Å². The first-order valence-electron chi connectivity index (χ1n) is 8.16. The molecule has 1 saturated heterocycles. The molecule has 2 heterocycles. The molecule has 2 aromatic rings. The number of hydrogen-bond acceptors (Lipinski definition) is 4. The number of rotatable bonds is 5. The summed E-state index contributed by atoms with van der Waals surface area (Å²) in [7, 11) is 0. The van der Waals surface area contributed by atoms with E-state index < -0.39 is 5.82 Å². The fourth-order valence-electron chi connectivity index (χ4n) is 2.69. The normalized spacial score (nSPS) is 15.5. The van der Waals surface area contributed by atoms with Gasteiger partial charge >= 0.3 is 0 Å². The Hall–Kier alpha value is -2.44. The van der Waals surface area contributed by atoms with Gasteiger partial charge in [0, 0.05) is 13.1 Å². The molecule has 1 aromatic heterocycles. The number of nitrogens with zero attached hydrogens (tertiary/aromatic N) is 4.